The van der Waals surface area contributed by atoms with Crippen molar-refractivity contribution in [2.24, 2.45) is 0 Å². The largest absolute Gasteiger partial charge is 0.340 e. The zero-order valence-corrected chi connectivity index (χ0v) is 13.5. The van der Waals surface area contributed by atoms with Crippen molar-refractivity contribution in [1.29, 1.82) is 5.26 Å². The molecule has 0 aliphatic carbocycles. The standard InChI is InChI=1S/C15H18N4O2S/c1-3-11-8-12-14(22-11)17-10-19(15(12)21)9-13(20)18(4-2)7-5-6-16/h8,10H,3-5,7,9H2,1-2H3. The van der Waals surface area contributed by atoms with Crippen LogP contribution < -0.4 is 5.56 Å². The molecule has 0 atom stereocenters. The van der Waals surface area contributed by atoms with Crippen molar-refractivity contribution in [3.8, 4) is 6.07 Å². The van der Waals surface area contributed by atoms with Crippen LogP contribution in [-0.2, 0) is 17.8 Å². The van der Waals surface area contributed by atoms with Crippen LogP contribution in [0.15, 0.2) is 17.2 Å². The van der Waals surface area contributed by atoms with Gasteiger partial charge in [-0.15, -0.1) is 11.3 Å². The van der Waals surface area contributed by atoms with Crippen LogP contribution in [0.3, 0.4) is 0 Å². The molecule has 2 heterocycles. The van der Waals surface area contributed by atoms with Crippen LogP contribution in [0.2, 0.25) is 0 Å². The van der Waals surface area contributed by atoms with Gasteiger partial charge in [-0.1, -0.05) is 6.92 Å². The summed E-state index contributed by atoms with van der Waals surface area (Å²) >= 11 is 1.51. The number of likely N-dealkylation sites (N-methyl/N-ethyl adjacent to an activating group) is 1. The van der Waals surface area contributed by atoms with Crippen molar-refractivity contribution in [2.75, 3.05) is 13.1 Å². The third kappa shape index (κ3) is 3.34. The third-order valence-corrected chi connectivity index (χ3v) is 4.64. The third-order valence-electron chi connectivity index (χ3n) is 3.45. The van der Waals surface area contributed by atoms with E-state index in [0.29, 0.717) is 23.3 Å². The quantitative estimate of drug-likeness (QED) is 0.813. The van der Waals surface area contributed by atoms with Gasteiger partial charge in [0, 0.05) is 18.0 Å². The Morgan fingerprint density at radius 2 is 2.27 bits per heavy atom. The zero-order valence-electron chi connectivity index (χ0n) is 12.7. The number of aromatic nitrogens is 2. The number of nitriles is 1. The van der Waals surface area contributed by atoms with Crippen LogP contribution in [0, 0.1) is 11.3 Å². The minimum Gasteiger partial charge on any atom is -0.340 e. The van der Waals surface area contributed by atoms with E-state index in [1.54, 1.807) is 4.90 Å². The second-order valence-electron chi connectivity index (χ2n) is 4.84. The summed E-state index contributed by atoms with van der Waals surface area (Å²) in [5.41, 5.74) is -0.189. The van der Waals surface area contributed by atoms with E-state index in [0.717, 1.165) is 11.3 Å². The number of carbonyl (C=O) groups is 1. The molecule has 0 N–H and O–H groups in total. The maximum Gasteiger partial charge on any atom is 0.262 e. The Morgan fingerprint density at radius 3 is 2.91 bits per heavy atom. The van der Waals surface area contributed by atoms with Gasteiger partial charge in [-0.25, -0.2) is 4.98 Å². The molecule has 0 aliphatic heterocycles. The fourth-order valence-electron chi connectivity index (χ4n) is 2.19. The summed E-state index contributed by atoms with van der Waals surface area (Å²) in [6, 6.07) is 3.87. The van der Waals surface area contributed by atoms with Gasteiger partial charge < -0.3 is 4.90 Å². The Kier molecular flexibility index (Phi) is 5.28. The minimum absolute atomic E-state index is 0.0433. The smallest absolute Gasteiger partial charge is 0.262 e. The molecule has 0 saturated carbocycles. The van der Waals surface area contributed by atoms with E-state index < -0.39 is 0 Å². The molecule has 22 heavy (non-hydrogen) atoms. The predicted molar refractivity (Wildman–Crippen MR) is 85.7 cm³/mol. The molecule has 6 nitrogen and oxygen atoms in total. The Balaban J connectivity index is 2.24. The van der Waals surface area contributed by atoms with Crippen LogP contribution in [0.25, 0.3) is 10.2 Å². The van der Waals surface area contributed by atoms with Crippen LogP contribution in [0.4, 0.5) is 0 Å². The second-order valence-corrected chi connectivity index (χ2v) is 5.96. The average molecular weight is 318 g/mol. The second kappa shape index (κ2) is 7.18. The van der Waals surface area contributed by atoms with Gasteiger partial charge in [0.2, 0.25) is 5.91 Å². The number of carbonyl (C=O) groups excluding carboxylic acids is 1. The highest BCUT2D eigenvalue weighted by Crippen LogP contribution is 2.20. The first-order chi connectivity index (χ1) is 10.6. The fourth-order valence-corrected chi connectivity index (χ4v) is 3.11. The molecule has 2 rings (SSSR count). The summed E-state index contributed by atoms with van der Waals surface area (Å²) in [5.74, 6) is -0.174. The zero-order chi connectivity index (χ0) is 16.1. The first-order valence-corrected chi connectivity index (χ1v) is 8.04. The van der Waals surface area contributed by atoms with Crippen molar-refractivity contribution in [1.82, 2.24) is 14.5 Å². The number of thiophene rings is 1. The highest BCUT2D eigenvalue weighted by Gasteiger charge is 2.14. The molecular weight excluding hydrogens is 300 g/mol. The Bertz CT molecular complexity index is 772. The van der Waals surface area contributed by atoms with Crippen LogP contribution in [-0.4, -0.2) is 33.4 Å². The summed E-state index contributed by atoms with van der Waals surface area (Å²) in [7, 11) is 0. The molecule has 7 heteroatoms. The van der Waals surface area contributed by atoms with Gasteiger partial charge in [0.25, 0.3) is 5.56 Å². The van der Waals surface area contributed by atoms with Gasteiger partial charge in [0.15, 0.2) is 0 Å². The van der Waals surface area contributed by atoms with E-state index in [2.05, 4.69) is 4.98 Å². The first-order valence-electron chi connectivity index (χ1n) is 7.23. The molecular formula is C15H18N4O2S. The summed E-state index contributed by atoms with van der Waals surface area (Å²) in [6.07, 6.45) is 2.57. The first kappa shape index (κ1) is 16.2. The van der Waals surface area contributed by atoms with Crippen molar-refractivity contribution >= 4 is 27.5 Å². The van der Waals surface area contributed by atoms with E-state index in [-0.39, 0.29) is 24.4 Å². The van der Waals surface area contributed by atoms with Gasteiger partial charge in [-0.05, 0) is 19.4 Å². The normalized spacial score (nSPS) is 10.6. The molecule has 0 bridgehead atoms. The lowest BCUT2D eigenvalue weighted by atomic mass is 10.3. The van der Waals surface area contributed by atoms with E-state index in [1.807, 2.05) is 26.0 Å². The number of hydrogen-bond acceptors (Lipinski definition) is 5. The molecule has 0 saturated heterocycles. The van der Waals surface area contributed by atoms with E-state index in [4.69, 9.17) is 5.26 Å². The molecule has 1 amide bonds. The monoisotopic (exact) mass is 318 g/mol. The Labute approximate surface area is 132 Å². The minimum atomic E-state index is -0.189. The van der Waals surface area contributed by atoms with Crippen molar-refractivity contribution < 1.29 is 4.79 Å². The summed E-state index contributed by atoms with van der Waals surface area (Å²) in [6.45, 7) is 4.74. The molecule has 0 spiro atoms. The van der Waals surface area contributed by atoms with Gasteiger partial charge in [0.1, 0.15) is 11.4 Å². The topological polar surface area (TPSA) is 79.0 Å². The molecule has 2 aromatic heterocycles. The average Bonchev–Trinajstić information content (AvgIpc) is 2.95. The summed E-state index contributed by atoms with van der Waals surface area (Å²) in [4.78, 5) is 32.3. The number of amides is 1. The number of hydrogen-bond donors (Lipinski definition) is 0. The highest BCUT2D eigenvalue weighted by atomic mass is 32.1. The van der Waals surface area contributed by atoms with E-state index in [9.17, 15) is 9.59 Å². The van der Waals surface area contributed by atoms with E-state index in [1.165, 1.54) is 22.2 Å². The SMILES string of the molecule is CCc1cc2c(=O)n(CC(=O)N(CC)CCC#N)cnc2s1. The Hall–Kier alpha value is -2.20. The molecule has 0 aromatic carbocycles. The number of nitrogens with zero attached hydrogens (tertiary/aromatic N) is 4. The molecule has 0 fully saturated rings. The van der Waals surface area contributed by atoms with Crippen molar-refractivity contribution in [3.05, 3.63) is 27.6 Å². The lowest BCUT2D eigenvalue weighted by Gasteiger charge is -2.19. The highest BCUT2D eigenvalue weighted by molar-refractivity contribution is 7.18. The number of fused-ring (bicyclic) bond motifs is 1. The van der Waals surface area contributed by atoms with Gasteiger partial charge in [-0.2, -0.15) is 5.26 Å². The predicted octanol–water partition coefficient (Wildman–Crippen LogP) is 1.78. The maximum absolute atomic E-state index is 12.4. The summed E-state index contributed by atoms with van der Waals surface area (Å²) < 4.78 is 1.34. The fraction of sp³-hybridized carbons (Fsp3) is 0.467. The molecule has 2 aromatic rings. The van der Waals surface area contributed by atoms with Crippen LogP contribution in [0.5, 0.6) is 0 Å². The van der Waals surface area contributed by atoms with Crippen LogP contribution in [0.1, 0.15) is 25.1 Å². The number of rotatable bonds is 6. The van der Waals surface area contributed by atoms with Crippen LogP contribution >= 0.6 is 11.3 Å². The van der Waals surface area contributed by atoms with Gasteiger partial charge in [-0.3, -0.25) is 14.2 Å². The van der Waals surface area contributed by atoms with Crippen molar-refractivity contribution in [2.45, 2.75) is 33.2 Å². The number of aryl methyl sites for hydroxylation is 1. The molecule has 116 valence electrons. The maximum atomic E-state index is 12.4. The van der Waals surface area contributed by atoms with Gasteiger partial charge in [0.05, 0.1) is 24.2 Å². The molecule has 0 unspecified atom stereocenters. The lowest BCUT2D eigenvalue weighted by Crippen LogP contribution is -2.37. The molecule has 0 aliphatic rings. The van der Waals surface area contributed by atoms with Crippen molar-refractivity contribution in [3.63, 3.8) is 0 Å². The van der Waals surface area contributed by atoms with E-state index >= 15 is 0 Å². The summed E-state index contributed by atoms with van der Waals surface area (Å²) in [5, 5.41) is 9.19. The molecule has 0 radical (unpaired) electrons. The Morgan fingerprint density at radius 1 is 1.50 bits per heavy atom. The van der Waals surface area contributed by atoms with Gasteiger partial charge >= 0.3 is 0 Å². The lowest BCUT2D eigenvalue weighted by molar-refractivity contribution is -0.131.